The van der Waals surface area contributed by atoms with Crippen molar-refractivity contribution in [3.8, 4) is 11.1 Å². The molecule has 0 spiro atoms. The third-order valence-electron chi connectivity index (χ3n) is 6.10. The molecule has 162 valence electrons. The van der Waals surface area contributed by atoms with Crippen molar-refractivity contribution in [1.29, 1.82) is 0 Å². The maximum absolute atomic E-state index is 14.8. The summed E-state index contributed by atoms with van der Waals surface area (Å²) in [6.45, 7) is 2.71. The van der Waals surface area contributed by atoms with Gasteiger partial charge in [-0.05, 0) is 66.4 Å². The van der Waals surface area contributed by atoms with Gasteiger partial charge in [0.05, 0.1) is 11.9 Å². The standard InChI is InChI=1S/C26H21ClFNO2S/c1-15-4-2-3-5-20(15)21-13-18(28)14-22-24(21)26(32-19-8-6-17(27)7-9-19)25-16(12-23(30)31)10-11-29(22)25/h2-9,13-14,16H,10-12H2,1H3,(H,30,31). The number of carboxylic acid groups (broad SMARTS) is 1. The second-order valence-electron chi connectivity index (χ2n) is 8.17. The second-order valence-corrected chi connectivity index (χ2v) is 9.69. The molecule has 0 aliphatic carbocycles. The molecular formula is C26H21ClFNO2S. The SMILES string of the molecule is Cc1ccccc1-c1cc(F)cc2c1c(Sc1ccc(Cl)cc1)c1n2CCC1CC(=O)O. The Kier molecular flexibility index (Phi) is 5.48. The van der Waals surface area contributed by atoms with Crippen LogP contribution in [0.25, 0.3) is 22.0 Å². The van der Waals surface area contributed by atoms with Crippen LogP contribution in [-0.4, -0.2) is 15.6 Å². The van der Waals surface area contributed by atoms with Crippen molar-refractivity contribution in [2.24, 2.45) is 0 Å². The van der Waals surface area contributed by atoms with Gasteiger partial charge in [0.2, 0.25) is 0 Å². The Morgan fingerprint density at radius 2 is 1.91 bits per heavy atom. The molecule has 1 aromatic heterocycles. The summed E-state index contributed by atoms with van der Waals surface area (Å²) in [7, 11) is 0. The maximum atomic E-state index is 14.8. The van der Waals surface area contributed by atoms with Gasteiger partial charge in [0.15, 0.2) is 0 Å². The summed E-state index contributed by atoms with van der Waals surface area (Å²) in [5.41, 5.74) is 4.69. The molecule has 32 heavy (non-hydrogen) atoms. The van der Waals surface area contributed by atoms with E-state index >= 15 is 0 Å². The molecular weight excluding hydrogens is 445 g/mol. The Hall–Kier alpha value is -2.76. The van der Waals surface area contributed by atoms with Gasteiger partial charge in [0.25, 0.3) is 0 Å². The fourth-order valence-corrected chi connectivity index (χ4v) is 6.05. The van der Waals surface area contributed by atoms with Crippen LogP contribution in [0.2, 0.25) is 5.02 Å². The largest absolute Gasteiger partial charge is 0.481 e. The summed E-state index contributed by atoms with van der Waals surface area (Å²) in [4.78, 5) is 13.6. The highest BCUT2D eigenvalue weighted by molar-refractivity contribution is 7.99. The van der Waals surface area contributed by atoms with Crippen LogP contribution in [0.5, 0.6) is 0 Å². The predicted molar refractivity (Wildman–Crippen MR) is 127 cm³/mol. The fourth-order valence-electron chi connectivity index (χ4n) is 4.71. The summed E-state index contributed by atoms with van der Waals surface area (Å²) in [5.74, 6) is -1.22. The van der Waals surface area contributed by atoms with E-state index in [1.54, 1.807) is 23.9 Å². The quantitative estimate of drug-likeness (QED) is 0.331. The van der Waals surface area contributed by atoms with Gasteiger partial charge >= 0.3 is 5.97 Å². The van der Waals surface area contributed by atoms with Crippen LogP contribution in [0.4, 0.5) is 4.39 Å². The normalized spacial score (nSPS) is 15.3. The minimum Gasteiger partial charge on any atom is -0.481 e. The summed E-state index contributed by atoms with van der Waals surface area (Å²) in [6.07, 6.45) is 0.800. The molecule has 3 nitrogen and oxygen atoms in total. The first-order valence-electron chi connectivity index (χ1n) is 10.5. The van der Waals surface area contributed by atoms with Crippen molar-refractivity contribution in [2.75, 3.05) is 0 Å². The molecule has 3 aromatic carbocycles. The van der Waals surface area contributed by atoms with Crippen molar-refractivity contribution in [3.63, 3.8) is 0 Å². The van der Waals surface area contributed by atoms with Crippen LogP contribution in [-0.2, 0) is 11.3 Å². The van der Waals surface area contributed by atoms with Crippen molar-refractivity contribution in [3.05, 3.63) is 82.8 Å². The van der Waals surface area contributed by atoms with Crippen LogP contribution >= 0.6 is 23.4 Å². The molecule has 0 fully saturated rings. The Bertz CT molecular complexity index is 1350. The molecule has 6 heteroatoms. The molecule has 1 unspecified atom stereocenters. The molecule has 0 amide bonds. The molecule has 0 bridgehead atoms. The minimum absolute atomic E-state index is 0.0622. The molecule has 1 atom stereocenters. The lowest BCUT2D eigenvalue weighted by Gasteiger charge is -2.13. The lowest BCUT2D eigenvalue weighted by atomic mass is 9.95. The topological polar surface area (TPSA) is 42.2 Å². The molecule has 2 heterocycles. The zero-order valence-electron chi connectivity index (χ0n) is 17.4. The number of carboxylic acids is 1. The number of rotatable bonds is 5. The van der Waals surface area contributed by atoms with Gasteiger partial charge in [-0.1, -0.05) is 47.6 Å². The zero-order valence-corrected chi connectivity index (χ0v) is 19.0. The van der Waals surface area contributed by atoms with E-state index in [1.165, 1.54) is 0 Å². The second kappa shape index (κ2) is 8.30. The van der Waals surface area contributed by atoms with E-state index in [1.807, 2.05) is 55.5 Å². The smallest absolute Gasteiger partial charge is 0.304 e. The molecule has 0 radical (unpaired) electrons. The number of halogens is 2. The number of hydrogen-bond acceptors (Lipinski definition) is 2. The van der Waals surface area contributed by atoms with Crippen LogP contribution in [0.3, 0.4) is 0 Å². The van der Waals surface area contributed by atoms with E-state index in [-0.39, 0.29) is 18.2 Å². The third kappa shape index (κ3) is 3.70. The Labute approximate surface area is 194 Å². The van der Waals surface area contributed by atoms with E-state index in [0.717, 1.165) is 49.5 Å². The van der Waals surface area contributed by atoms with Gasteiger partial charge < -0.3 is 9.67 Å². The zero-order chi connectivity index (χ0) is 22.4. The number of nitrogens with zero attached hydrogens (tertiary/aromatic N) is 1. The first kappa shape index (κ1) is 21.1. The number of benzene rings is 3. The third-order valence-corrected chi connectivity index (χ3v) is 7.48. The molecule has 0 saturated carbocycles. The average molecular weight is 466 g/mol. The molecule has 1 N–H and O–H groups in total. The Morgan fingerprint density at radius 1 is 1.16 bits per heavy atom. The van der Waals surface area contributed by atoms with Crippen LogP contribution in [0, 0.1) is 12.7 Å². The summed E-state index contributed by atoms with van der Waals surface area (Å²) in [6, 6.07) is 18.8. The highest BCUT2D eigenvalue weighted by atomic mass is 35.5. The molecule has 0 saturated heterocycles. The van der Waals surface area contributed by atoms with E-state index in [2.05, 4.69) is 4.57 Å². The van der Waals surface area contributed by atoms with Crippen molar-refractivity contribution in [1.82, 2.24) is 4.57 Å². The van der Waals surface area contributed by atoms with Gasteiger partial charge in [0, 0.05) is 38.4 Å². The fraction of sp³-hybridized carbons (Fsp3) is 0.192. The van der Waals surface area contributed by atoms with Gasteiger partial charge in [-0.15, -0.1) is 0 Å². The molecule has 5 rings (SSSR count). The predicted octanol–water partition coefficient (Wildman–Crippen LogP) is 7.52. The number of aliphatic carboxylic acids is 1. The molecule has 1 aliphatic heterocycles. The number of aromatic nitrogens is 1. The summed E-state index contributed by atoms with van der Waals surface area (Å²) < 4.78 is 17.0. The first-order valence-corrected chi connectivity index (χ1v) is 11.7. The van der Waals surface area contributed by atoms with Gasteiger partial charge in [-0.2, -0.15) is 0 Å². The minimum atomic E-state index is -0.818. The van der Waals surface area contributed by atoms with Crippen LogP contribution in [0.15, 0.2) is 70.5 Å². The lowest BCUT2D eigenvalue weighted by molar-refractivity contribution is -0.137. The van der Waals surface area contributed by atoms with Gasteiger partial charge in [-0.3, -0.25) is 4.79 Å². The lowest BCUT2D eigenvalue weighted by Crippen LogP contribution is -2.04. The summed E-state index contributed by atoms with van der Waals surface area (Å²) >= 11 is 7.68. The van der Waals surface area contributed by atoms with Crippen LogP contribution < -0.4 is 0 Å². The molecule has 4 aromatic rings. The number of fused-ring (bicyclic) bond motifs is 3. The van der Waals surface area contributed by atoms with E-state index in [4.69, 9.17) is 11.6 Å². The number of aryl methyl sites for hydroxylation is 2. The van der Waals surface area contributed by atoms with Crippen molar-refractivity contribution in [2.45, 2.75) is 42.0 Å². The van der Waals surface area contributed by atoms with E-state index < -0.39 is 5.97 Å². The first-order chi connectivity index (χ1) is 15.4. The van der Waals surface area contributed by atoms with E-state index in [0.29, 0.717) is 11.6 Å². The maximum Gasteiger partial charge on any atom is 0.304 e. The monoisotopic (exact) mass is 465 g/mol. The number of carbonyl (C=O) groups is 1. The average Bonchev–Trinajstić information content (AvgIpc) is 3.29. The van der Waals surface area contributed by atoms with E-state index in [9.17, 15) is 14.3 Å². The van der Waals surface area contributed by atoms with Crippen molar-refractivity contribution >= 4 is 40.2 Å². The van der Waals surface area contributed by atoms with Crippen LogP contribution in [0.1, 0.15) is 30.0 Å². The number of hydrogen-bond donors (Lipinski definition) is 1. The van der Waals surface area contributed by atoms with Gasteiger partial charge in [-0.25, -0.2) is 4.39 Å². The molecule has 1 aliphatic rings. The highest BCUT2D eigenvalue weighted by Crippen LogP contribution is 2.49. The van der Waals surface area contributed by atoms with Gasteiger partial charge in [0.1, 0.15) is 5.82 Å². The van der Waals surface area contributed by atoms with Crippen molar-refractivity contribution < 1.29 is 14.3 Å². The Morgan fingerprint density at radius 3 is 2.62 bits per heavy atom. The summed E-state index contributed by atoms with van der Waals surface area (Å²) in [5, 5.41) is 11.1. The highest BCUT2D eigenvalue weighted by Gasteiger charge is 2.33. The Balaban J connectivity index is 1.80.